The molecule has 0 saturated heterocycles. The van der Waals surface area contributed by atoms with E-state index in [9.17, 15) is 18.0 Å². The number of rotatable bonds is 5. The van der Waals surface area contributed by atoms with Crippen LogP contribution in [0.2, 0.25) is 5.02 Å². The van der Waals surface area contributed by atoms with Gasteiger partial charge in [0.1, 0.15) is 28.8 Å². The molecule has 160 valence electrons. The van der Waals surface area contributed by atoms with Crippen LogP contribution in [0.3, 0.4) is 0 Å². The van der Waals surface area contributed by atoms with Gasteiger partial charge < -0.3 is 20.5 Å². The second-order valence-electron chi connectivity index (χ2n) is 6.43. The number of anilines is 1. The molecule has 2 aromatic heterocycles. The zero-order chi connectivity index (χ0) is 22.1. The number of alkyl halides is 2. The first-order chi connectivity index (χ1) is 14.1. The third-order valence-electron chi connectivity index (χ3n) is 4.34. The van der Waals surface area contributed by atoms with Crippen LogP contribution in [0.5, 0.6) is 5.75 Å². The molecule has 0 spiro atoms. The number of aliphatic imine (C=N–C) groups is 1. The van der Waals surface area contributed by atoms with E-state index < -0.39 is 41.5 Å². The molecule has 12 heteroatoms. The number of nitrogens with zero attached hydrogens (tertiary/aromatic N) is 3. The highest BCUT2D eigenvalue weighted by Crippen LogP contribution is 2.43. The topological polar surface area (TPSA) is 112 Å². The normalized spacial score (nSPS) is 20.1. The summed E-state index contributed by atoms with van der Waals surface area (Å²) in [7, 11) is 0. The van der Waals surface area contributed by atoms with E-state index >= 15 is 0 Å². The maximum atomic E-state index is 14.5. The number of carbonyl (C=O) groups is 1. The van der Waals surface area contributed by atoms with Crippen LogP contribution in [-0.4, -0.2) is 41.0 Å². The Kier molecular flexibility index (Phi) is 5.75. The minimum absolute atomic E-state index is 0.00100. The summed E-state index contributed by atoms with van der Waals surface area (Å²) >= 11 is 6.05. The number of amidine groups is 1. The van der Waals surface area contributed by atoms with Gasteiger partial charge in [0.25, 0.3) is 11.9 Å². The highest BCUT2D eigenvalue weighted by molar-refractivity contribution is 6.34. The van der Waals surface area contributed by atoms with Crippen LogP contribution in [0.15, 0.2) is 29.4 Å². The van der Waals surface area contributed by atoms with Gasteiger partial charge in [0.05, 0.1) is 17.8 Å². The van der Waals surface area contributed by atoms with Gasteiger partial charge in [0, 0.05) is 6.07 Å². The predicted octanol–water partition coefficient (Wildman–Crippen LogP) is 3.12. The van der Waals surface area contributed by atoms with Crippen molar-refractivity contribution in [3.8, 4) is 5.75 Å². The maximum Gasteiger partial charge on any atom is 0.311 e. The SMILES string of the molecule is CCOc1cnc(C(=O)Nc2ccc(F)c(C3(C)N=C(N)OCC3(F)F)n2)c(Cl)c1. The zero-order valence-corrected chi connectivity index (χ0v) is 16.6. The second-order valence-corrected chi connectivity index (χ2v) is 6.84. The zero-order valence-electron chi connectivity index (χ0n) is 15.9. The molecule has 0 fully saturated rings. The number of aromatic nitrogens is 2. The summed E-state index contributed by atoms with van der Waals surface area (Å²) in [6, 6.07) is 2.86. The first kappa shape index (κ1) is 21.6. The van der Waals surface area contributed by atoms with Gasteiger partial charge in [-0.1, -0.05) is 11.6 Å². The van der Waals surface area contributed by atoms with Crippen molar-refractivity contribution in [1.82, 2.24) is 9.97 Å². The van der Waals surface area contributed by atoms with E-state index in [4.69, 9.17) is 22.1 Å². The number of nitrogens with one attached hydrogen (secondary N) is 1. The summed E-state index contributed by atoms with van der Waals surface area (Å²) < 4.78 is 53.2. The molecule has 0 aromatic carbocycles. The van der Waals surface area contributed by atoms with Crippen molar-refractivity contribution in [2.24, 2.45) is 10.7 Å². The largest absolute Gasteiger partial charge is 0.492 e. The lowest BCUT2D eigenvalue weighted by Crippen LogP contribution is -2.51. The molecule has 1 atom stereocenters. The molecule has 1 amide bonds. The van der Waals surface area contributed by atoms with Gasteiger partial charge in [-0.2, -0.15) is 8.78 Å². The minimum atomic E-state index is -3.60. The van der Waals surface area contributed by atoms with Gasteiger partial charge in [0.15, 0.2) is 12.1 Å². The predicted molar refractivity (Wildman–Crippen MR) is 102 cm³/mol. The number of hydrogen-bond acceptors (Lipinski definition) is 7. The molecule has 3 heterocycles. The van der Waals surface area contributed by atoms with Crippen molar-refractivity contribution in [2.75, 3.05) is 18.5 Å². The Labute approximate surface area is 174 Å². The van der Waals surface area contributed by atoms with Crippen LogP contribution >= 0.6 is 11.6 Å². The summed E-state index contributed by atoms with van der Waals surface area (Å²) in [5.41, 5.74) is 2.11. The number of amides is 1. The third kappa shape index (κ3) is 3.97. The molecular weight excluding hydrogens is 427 g/mol. The number of pyridine rings is 2. The lowest BCUT2D eigenvalue weighted by atomic mass is 9.89. The van der Waals surface area contributed by atoms with E-state index in [0.717, 1.165) is 19.1 Å². The fraction of sp³-hybridized carbons (Fsp3) is 0.333. The molecular formula is C18H17ClF3N5O3. The summed E-state index contributed by atoms with van der Waals surface area (Å²) in [5, 5.41) is 2.35. The lowest BCUT2D eigenvalue weighted by molar-refractivity contribution is -0.118. The number of ether oxygens (including phenoxy) is 2. The van der Waals surface area contributed by atoms with Crippen LogP contribution in [0, 0.1) is 5.82 Å². The number of hydrogen-bond donors (Lipinski definition) is 2. The van der Waals surface area contributed by atoms with Crippen molar-refractivity contribution >= 4 is 29.3 Å². The average Bonchev–Trinajstić information content (AvgIpc) is 2.67. The number of carbonyl (C=O) groups excluding carboxylic acids is 1. The lowest BCUT2D eigenvalue weighted by Gasteiger charge is -2.36. The standard InChI is InChI=1S/C18H17ClF3N5O3/c1-3-29-9-6-10(19)13(24-7-9)15(28)26-12-5-4-11(20)14(25-12)17(2)18(21,22)8-30-16(23)27-17/h4-7H,3,8H2,1-2H3,(H2,23,27)(H,25,26,28). The first-order valence-corrected chi connectivity index (χ1v) is 9.08. The van der Waals surface area contributed by atoms with E-state index in [-0.39, 0.29) is 16.5 Å². The van der Waals surface area contributed by atoms with E-state index in [1.807, 2.05) is 0 Å². The van der Waals surface area contributed by atoms with Crippen molar-refractivity contribution in [1.29, 1.82) is 0 Å². The molecule has 30 heavy (non-hydrogen) atoms. The smallest absolute Gasteiger partial charge is 0.311 e. The van der Waals surface area contributed by atoms with E-state index in [1.54, 1.807) is 6.92 Å². The average molecular weight is 444 g/mol. The van der Waals surface area contributed by atoms with Crippen molar-refractivity contribution in [2.45, 2.75) is 25.3 Å². The molecule has 1 unspecified atom stereocenters. The second kappa shape index (κ2) is 7.98. The van der Waals surface area contributed by atoms with Gasteiger partial charge >= 0.3 is 5.92 Å². The minimum Gasteiger partial charge on any atom is -0.492 e. The van der Waals surface area contributed by atoms with E-state index in [2.05, 4.69) is 25.0 Å². The first-order valence-electron chi connectivity index (χ1n) is 8.70. The maximum absolute atomic E-state index is 14.5. The van der Waals surface area contributed by atoms with Gasteiger partial charge in [-0.25, -0.2) is 19.4 Å². The van der Waals surface area contributed by atoms with Gasteiger partial charge in [-0.05, 0) is 26.0 Å². The Morgan fingerprint density at radius 2 is 2.17 bits per heavy atom. The van der Waals surface area contributed by atoms with Crippen LogP contribution in [0.1, 0.15) is 30.0 Å². The summed E-state index contributed by atoms with van der Waals surface area (Å²) in [6.07, 6.45) is 1.30. The molecule has 0 radical (unpaired) electrons. The molecule has 3 rings (SSSR count). The molecule has 0 aliphatic carbocycles. The quantitative estimate of drug-likeness (QED) is 0.734. The Balaban J connectivity index is 1.93. The number of halogens is 4. The van der Waals surface area contributed by atoms with Crippen LogP contribution in [0.4, 0.5) is 19.0 Å². The molecule has 2 aromatic rings. The molecule has 1 aliphatic rings. The fourth-order valence-electron chi connectivity index (χ4n) is 2.73. The van der Waals surface area contributed by atoms with Crippen molar-refractivity contribution < 1.29 is 27.4 Å². The molecule has 0 bridgehead atoms. The third-order valence-corrected chi connectivity index (χ3v) is 4.63. The van der Waals surface area contributed by atoms with Crippen LogP contribution in [0.25, 0.3) is 0 Å². The highest BCUT2D eigenvalue weighted by atomic mass is 35.5. The summed E-state index contributed by atoms with van der Waals surface area (Å²) in [4.78, 5) is 23.8. The Morgan fingerprint density at radius 3 is 2.83 bits per heavy atom. The van der Waals surface area contributed by atoms with E-state index in [1.165, 1.54) is 12.3 Å². The molecule has 1 aliphatic heterocycles. The monoisotopic (exact) mass is 443 g/mol. The van der Waals surface area contributed by atoms with Crippen LogP contribution < -0.4 is 15.8 Å². The molecule has 3 N–H and O–H groups in total. The Morgan fingerprint density at radius 1 is 1.43 bits per heavy atom. The fourth-order valence-corrected chi connectivity index (χ4v) is 2.97. The Hall–Kier alpha value is -3.08. The van der Waals surface area contributed by atoms with Gasteiger partial charge in [-0.15, -0.1) is 0 Å². The van der Waals surface area contributed by atoms with E-state index in [0.29, 0.717) is 12.4 Å². The van der Waals surface area contributed by atoms with Crippen molar-refractivity contribution in [3.63, 3.8) is 0 Å². The van der Waals surface area contributed by atoms with Gasteiger partial charge in [0.2, 0.25) is 0 Å². The summed E-state index contributed by atoms with van der Waals surface area (Å²) in [5.74, 6) is -5.27. The van der Waals surface area contributed by atoms with Crippen molar-refractivity contribution in [3.05, 3.63) is 46.6 Å². The summed E-state index contributed by atoms with van der Waals surface area (Å²) in [6.45, 7) is 2.03. The molecule has 8 nitrogen and oxygen atoms in total. The Bertz CT molecular complexity index is 1020. The van der Waals surface area contributed by atoms with Gasteiger partial charge in [-0.3, -0.25) is 4.79 Å². The number of nitrogens with two attached hydrogens (primary N) is 1. The molecule has 0 saturated carbocycles. The highest BCUT2D eigenvalue weighted by Gasteiger charge is 2.57. The van der Waals surface area contributed by atoms with Crippen LogP contribution in [-0.2, 0) is 10.3 Å².